The van der Waals surface area contributed by atoms with Gasteiger partial charge in [0, 0.05) is 13.6 Å². The van der Waals surface area contributed by atoms with Gasteiger partial charge in [-0.3, -0.25) is 4.79 Å². The van der Waals surface area contributed by atoms with E-state index < -0.39 is 0 Å². The Hall–Kier alpha value is -1.78. The number of nitrogens with one attached hydrogen (secondary N) is 1. The van der Waals surface area contributed by atoms with Crippen molar-refractivity contribution in [3.05, 3.63) is 18.2 Å². The van der Waals surface area contributed by atoms with Gasteiger partial charge in [-0.15, -0.1) is 0 Å². The topological polar surface area (TPSA) is 71.2 Å². The molecule has 1 aromatic rings. The fourth-order valence-electron chi connectivity index (χ4n) is 1.22. The number of rotatable bonds is 4. The summed E-state index contributed by atoms with van der Waals surface area (Å²) in [5, 5.41) is 2.57. The first-order valence-electron chi connectivity index (χ1n) is 4.85. The standard InChI is InChI=1S/C10H16N4O/c1-3-14(7-10(15)12-2)9-6-4-5-8(11)13-9/h4-6H,3,7H2,1-2H3,(H2,11,13)(H,12,15). The molecule has 0 radical (unpaired) electrons. The molecule has 3 N–H and O–H groups in total. The lowest BCUT2D eigenvalue weighted by Gasteiger charge is -2.20. The summed E-state index contributed by atoms with van der Waals surface area (Å²) in [6, 6.07) is 5.38. The van der Waals surface area contributed by atoms with Crippen molar-refractivity contribution in [1.29, 1.82) is 0 Å². The lowest BCUT2D eigenvalue weighted by Crippen LogP contribution is -2.36. The predicted octanol–water partition coefficient (Wildman–Crippen LogP) is 0.236. The Balaban J connectivity index is 2.78. The van der Waals surface area contributed by atoms with E-state index in [0.29, 0.717) is 18.9 Å². The van der Waals surface area contributed by atoms with E-state index >= 15 is 0 Å². The second-order valence-corrected chi connectivity index (χ2v) is 3.11. The van der Waals surface area contributed by atoms with Gasteiger partial charge in [0.15, 0.2) is 0 Å². The zero-order valence-corrected chi connectivity index (χ0v) is 9.03. The largest absolute Gasteiger partial charge is 0.384 e. The van der Waals surface area contributed by atoms with E-state index in [1.54, 1.807) is 13.1 Å². The molecule has 0 unspecified atom stereocenters. The maximum atomic E-state index is 11.2. The number of nitrogen functional groups attached to an aromatic ring is 1. The van der Waals surface area contributed by atoms with Crippen molar-refractivity contribution < 1.29 is 4.79 Å². The first-order chi connectivity index (χ1) is 7.17. The summed E-state index contributed by atoms with van der Waals surface area (Å²) in [6.45, 7) is 2.97. The third kappa shape index (κ3) is 3.12. The van der Waals surface area contributed by atoms with Crippen molar-refractivity contribution in [2.24, 2.45) is 0 Å². The predicted molar refractivity (Wildman–Crippen MR) is 60.6 cm³/mol. The Morgan fingerprint density at radius 2 is 2.33 bits per heavy atom. The molecule has 0 spiro atoms. The summed E-state index contributed by atoms with van der Waals surface area (Å²) in [5.74, 6) is 1.14. The highest BCUT2D eigenvalue weighted by atomic mass is 16.1. The molecule has 1 amide bonds. The normalized spacial score (nSPS) is 9.73. The maximum Gasteiger partial charge on any atom is 0.239 e. The van der Waals surface area contributed by atoms with Crippen LogP contribution in [0.4, 0.5) is 11.6 Å². The molecule has 0 saturated heterocycles. The van der Waals surface area contributed by atoms with E-state index in [1.807, 2.05) is 24.0 Å². The van der Waals surface area contributed by atoms with Crippen LogP contribution in [0, 0.1) is 0 Å². The summed E-state index contributed by atoms with van der Waals surface area (Å²) in [5.41, 5.74) is 5.58. The number of carbonyl (C=O) groups excluding carboxylic acids is 1. The number of nitrogens with two attached hydrogens (primary N) is 1. The lowest BCUT2D eigenvalue weighted by atomic mass is 10.4. The summed E-state index contributed by atoms with van der Waals surface area (Å²) < 4.78 is 0. The van der Waals surface area contributed by atoms with Crippen molar-refractivity contribution in [3.63, 3.8) is 0 Å². The molecule has 0 aliphatic heterocycles. The van der Waals surface area contributed by atoms with E-state index in [4.69, 9.17) is 5.73 Å². The number of anilines is 2. The first kappa shape index (κ1) is 11.3. The minimum Gasteiger partial charge on any atom is -0.384 e. The SMILES string of the molecule is CCN(CC(=O)NC)c1cccc(N)n1. The number of hydrogen-bond donors (Lipinski definition) is 2. The van der Waals surface area contributed by atoms with E-state index in [0.717, 1.165) is 5.82 Å². The fourth-order valence-corrected chi connectivity index (χ4v) is 1.22. The average Bonchev–Trinajstić information content (AvgIpc) is 2.25. The molecule has 0 atom stereocenters. The lowest BCUT2D eigenvalue weighted by molar-refractivity contribution is -0.119. The molecule has 0 aliphatic carbocycles. The quantitative estimate of drug-likeness (QED) is 0.743. The highest BCUT2D eigenvalue weighted by Crippen LogP contribution is 2.11. The van der Waals surface area contributed by atoms with Crippen LogP contribution in [-0.4, -0.2) is 31.0 Å². The Kier molecular flexibility index (Phi) is 3.91. The van der Waals surface area contributed by atoms with Gasteiger partial charge in [0.25, 0.3) is 0 Å². The Morgan fingerprint density at radius 1 is 1.60 bits per heavy atom. The summed E-state index contributed by atoms with van der Waals surface area (Å²) >= 11 is 0. The van der Waals surface area contributed by atoms with Gasteiger partial charge in [0.1, 0.15) is 11.6 Å². The van der Waals surface area contributed by atoms with E-state index in [-0.39, 0.29) is 5.91 Å². The third-order valence-electron chi connectivity index (χ3n) is 2.07. The van der Waals surface area contributed by atoms with Gasteiger partial charge in [-0.05, 0) is 19.1 Å². The monoisotopic (exact) mass is 208 g/mol. The molecule has 1 rings (SSSR count). The summed E-state index contributed by atoms with van der Waals surface area (Å²) in [4.78, 5) is 17.2. The molecule has 1 aromatic heterocycles. The number of nitrogens with zero attached hydrogens (tertiary/aromatic N) is 2. The van der Waals surface area contributed by atoms with Crippen LogP contribution in [0.2, 0.25) is 0 Å². The van der Waals surface area contributed by atoms with Gasteiger partial charge in [0.05, 0.1) is 6.54 Å². The van der Waals surface area contributed by atoms with Crippen molar-refractivity contribution in [3.8, 4) is 0 Å². The highest BCUT2D eigenvalue weighted by molar-refractivity contribution is 5.80. The Labute approximate surface area is 89.3 Å². The minimum absolute atomic E-state index is 0.0407. The van der Waals surface area contributed by atoms with Crippen LogP contribution < -0.4 is 16.0 Å². The molecule has 0 saturated carbocycles. The molecular weight excluding hydrogens is 192 g/mol. The van der Waals surface area contributed by atoms with E-state index in [9.17, 15) is 4.79 Å². The number of aromatic nitrogens is 1. The zero-order chi connectivity index (χ0) is 11.3. The van der Waals surface area contributed by atoms with Crippen LogP contribution in [0.25, 0.3) is 0 Å². The number of likely N-dealkylation sites (N-methyl/N-ethyl adjacent to an activating group) is 2. The Bertz CT molecular complexity index is 340. The number of carbonyl (C=O) groups is 1. The van der Waals surface area contributed by atoms with Crippen molar-refractivity contribution in [2.75, 3.05) is 30.8 Å². The van der Waals surface area contributed by atoms with Gasteiger partial charge >= 0.3 is 0 Å². The number of hydrogen-bond acceptors (Lipinski definition) is 4. The zero-order valence-electron chi connectivity index (χ0n) is 9.03. The number of amides is 1. The molecule has 5 heteroatoms. The van der Waals surface area contributed by atoms with Gasteiger partial charge in [-0.2, -0.15) is 0 Å². The first-order valence-corrected chi connectivity index (χ1v) is 4.85. The average molecular weight is 208 g/mol. The molecule has 0 aliphatic rings. The fraction of sp³-hybridized carbons (Fsp3) is 0.400. The maximum absolute atomic E-state index is 11.2. The second-order valence-electron chi connectivity index (χ2n) is 3.11. The molecule has 0 fully saturated rings. The number of pyridine rings is 1. The van der Waals surface area contributed by atoms with Gasteiger partial charge in [-0.1, -0.05) is 6.07 Å². The molecule has 82 valence electrons. The molecule has 5 nitrogen and oxygen atoms in total. The van der Waals surface area contributed by atoms with E-state index in [1.165, 1.54) is 0 Å². The summed E-state index contributed by atoms with van der Waals surface area (Å²) in [6.07, 6.45) is 0. The van der Waals surface area contributed by atoms with Gasteiger partial charge in [-0.25, -0.2) is 4.98 Å². The molecule has 0 bridgehead atoms. The molecule has 0 aromatic carbocycles. The second kappa shape index (κ2) is 5.19. The van der Waals surface area contributed by atoms with Crippen molar-refractivity contribution in [1.82, 2.24) is 10.3 Å². The van der Waals surface area contributed by atoms with Crippen LogP contribution >= 0.6 is 0 Å². The van der Waals surface area contributed by atoms with Crippen LogP contribution in [0.3, 0.4) is 0 Å². The van der Waals surface area contributed by atoms with Gasteiger partial charge in [0.2, 0.25) is 5.91 Å². The van der Waals surface area contributed by atoms with E-state index in [2.05, 4.69) is 10.3 Å². The molecule has 15 heavy (non-hydrogen) atoms. The highest BCUT2D eigenvalue weighted by Gasteiger charge is 2.09. The minimum atomic E-state index is -0.0407. The van der Waals surface area contributed by atoms with Crippen LogP contribution in [0.5, 0.6) is 0 Å². The summed E-state index contributed by atoms with van der Waals surface area (Å²) in [7, 11) is 1.61. The Morgan fingerprint density at radius 3 is 2.87 bits per heavy atom. The molecular formula is C10H16N4O. The molecule has 1 heterocycles. The van der Waals surface area contributed by atoms with Crippen LogP contribution in [0.1, 0.15) is 6.92 Å². The van der Waals surface area contributed by atoms with Crippen LogP contribution in [-0.2, 0) is 4.79 Å². The smallest absolute Gasteiger partial charge is 0.239 e. The van der Waals surface area contributed by atoms with Crippen LogP contribution in [0.15, 0.2) is 18.2 Å². The van der Waals surface area contributed by atoms with Gasteiger partial charge < -0.3 is 16.0 Å². The van der Waals surface area contributed by atoms with Crippen molar-refractivity contribution in [2.45, 2.75) is 6.92 Å². The van der Waals surface area contributed by atoms with Crippen molar-refractivity contribution >= 4 is 17.5 Å². The third-order valence-corrected chi connectivity index (χ3v) is 2.07.